The Morgan fingerprint density at radius 3 is 2.54 bits per heavy atom. The highest BCUT2D eigenvalue weighted by atomic mass is 16.3. The van der Waals surface area contributed by atoms with Gasteiger partial charge in [-0.3, -0.25) is 4.79 Å². The number of hydrogen-bond acceptors (Lipinski definition) is 4. The Hall–Kier alpha value is -2.79. The predicted molar refractivity (Wildman–Crippen MR) is 95.7 cm³/mol. The van der Waals surface area contributed by atoms with Gasteiger partial charge in [-0.25, -0.2) is 0 Å². The summed E-state index contributed by atoms with van der Waals surface area (Å²) in [6.07, 6.45) is 0.876. The normalized spacial score (nSPS) is 11.6. The summed E-state index contributed by atoms with van der Waals surface area (Å²) in [6.45, 7) is 2.42. The lowest BCUT2D eigenvalue weighted by atomic mass is 9.98. The first-order chi connectivity index (χ1) is 11.6. The first-order valence-corrected chi connectivity index (χ1v) is 7.90. The molecule has 0 heterocycles. The molecule has 0 saturated carbocycles. The molecular weight excluding hydrogens is 302 g/mol. The van der Waals surface area contributed by atoms with Crippen molar-refractivity contribution in [1.29, 1.82) is 0 Å². The number of nitrogens with zero attached hydrogens (tertiary/aromatic N) is 2. The van der Waals surface area contributed by atoms with Gasteiger partial charge in [0.2, 0.25) is 0 Å². The van der Waals surface area contributed by atoms with Crippen LogP contribution < -0.4 is 5.73 Å². The van der Waals surface area contributed by atoms with Crippen LogP contribution in [-0.4, -0.2) is 17.6 Å². The number of carbonyl (C=O) groups excluding carboxylic acids is 1. The summed E-state index contributed by atoms with van der Waals surface area (Å²) in [5.41, 5.74) is 7.06. The molecule has 3 aromatic carbocycles. The second kappa shape index (κ2) is 6.76. The van der Waals surface area contributed by atoms with Crippen molar-refractivity contribution in [3.05, 3.63) is 48.0 Å². The van der Waals surface area contributed by atoms with Crippen molar-refractivity contribution >= 4 is 33.1 Å². The third-order valence-electron chi connectivity index (χ3n) is 3.98. The molecule has 0 aliphatic carbocycles. The van der Waals surface area contributed by atoms with Crippen molar-refractivity contribution in [2.24, 2.45) is 16.0 Å². The second-order valence-electron chi connectivity index (χ2n) is 5.78. The molecule has 0 atom stereocenters. The van der Waals surface area contributed by atoms with Crippen molar-refractivity contribution in [2.75, 3.05) is 6.54 Å². The lowest BCUT2D eigenvalue weighted by Gasteiger charge is -2.10. The maximum Gasteiger partial charge on any atom is 0.264 e. The zero-order chi connectivity index (χ0) is 17.1. The molecule has 0 unspecified atom stereocenters. The Kier molecular flexibility index (Phi) is 4.53. The van der Waals surface area contributed by atoms with Crippen molar-refractivity contribution in [3.63, 3.8) is 0 Å². The fraction of sp³-hybridized carbons (Fsp3) is 0.211. The molecule has 24 heavy (non-hydrogen) atoms. The summed E-state index contributed by atoms with van der Waals surface area (Å²) in [7, 11) is 0. The number of hydrogen-bond donors (Lipinski definition) is 2. The van der Waals surface area contributed by atoms with Crippen molar-refractivity contribution in [1.82, 2.24) is 0 Å². The average Bonchev–Trinajstić information content (AvgIpc) is 2.59. The van der Waals surface area contributed by atoms with Gasteiger partial charge in [0.15, 0.2) is 0 Å². The van der Waals surface area contributed by atoms with E-state index in [-0.39, 0.29) is 18.1 Å². The van der Waals surface area contributed by atoms with Gasteiger partial charge in [0, 0.05) is 28.0 Å². The van der Waals surface area contributed by atoms with E-state index >= 15 is 0 Å². The summed E-state index contributed by atoms with van der Waals surface area (Å²) in [5.74, 6) is -0.0765. The molecule has 0 aromatic heterocycles. The molecule has 5 heteroatoms. The van der Waals surface area contributed by atoms with Crippen LogP contribution in [0, 0.1) is 6.92 Å². The molecule has 5 nitrogen and oxygen atoms in total. The molecule has 1 amide bonds. The highest BCUT2D eigenvalue weighted by Crippen LogP contribution is 2.42. The number of phenols is 1. The maximum atomic E-state index is 11.8. The SMILES string of the molecule is Cc1ccc2c(O)c3ccccc3c(N=NC(=O)CCCN)c2c1. The van der Waals surface area contributed by atoms with Crippen LogP contribution in [0.1, 0.15) is 18.4 Å². The minimum atomic E-state index is -0.293. The molecule has 0 radical (unpaired) electrons. The molecule has 0 bridgehead atoms. The zero-order valence-corrected chi connectivity index (χ0v) is 13.5. The van der Waals surface area contributed by atoms with Gasteiger partial charge in [-0.05, 0) is 26.0 Å². The molecule has 122 valence electrons. The molecular formula is C19H19N3O2. The van der Waals surface area contributed by atoms with Crippen LogP contribution in [0.4, 0.5) is 5.69 Å². The lowest BCUT2D eigenvalue weighted by molar-refractivity contribution is -0.118. The number of aromatic hydroxyl groups is 1. The van der Waals surface area contributed by atoms with Crippen LogP contribution >= 0.6 is 0 Å². The van der Waals surface area contributed by atoms with E-state index in [0.717, 1.165) is 16.3 Å². The van der Waals surface area contributed by atoms with Gasteiger partial charge in [-0.2, -0.15) is 0 Å². The Balaban J connectivity index is 2.23. The van der Waals surface area contributed by atoms with E-state index in [0.29, 0.717) is 29.4 Å². The molecule has 3 N–H and O–H groups in total. The van der Waals surface area contributed by atoms with Crippen molar-refractivity contribution < 1.29 is 9.90 Å². The van der Waals surface area contributed by atoms with E-state index in [9.17, 15) is 9.90 Å². The Morgan fingerprint density at radius 2 is 1.79 bits per heavy atom. The average molecular weight is 321 g/mol. The van der Waals surface area contributed by atoms with Gasteiger partial charge < -0.3 is 10.8 Å². The molecule has 0 fully saturated rings. The number of nitrogens with two attached hydrogens (primary N) is 1. The van der Waals surface area contributed by atoms with Gasteiger partial charge >= 0.3 is 0 Å². The molecule has 0 saturated heterocycles. The van der Waals surface area contributed by atoms with E-state index in [1.807, 2.05) is 49.4 Å². The largest absolute Gasteiger partial charge is 0.507 e. The van der Waals surface area contributed by atoms with Crippen LogP contribution in [-0.2, 0) is 4.79 Å². The van der Waals surface area contributed by atoms with E-state index in [4.69, 9.17) is 5.73 Å². The number of phenolic OH excluding ortho intramolecular Hbond substituents is 1. The van der Waals surface area contributed by atoms with Crippen LogP contribution in [0.25, 0.3) is 21.5 Å². The highest BCUT2D eigenvalue weighted by Gasteiger charge is 2.13. The summed E-state index contributed by atoms with van der Waals surface area (Å²) >= 11 is 0. The van der Waals surface area contributed by atoms with Crippen LogP contribution in [0.3, 0.4) is 0 Å². The van der Waals surface area contributed by atoms with E-state index in [1.165, 1.54) is 0 Å². The first kappa shape index (κ1) is 16.1. The summed E-state index contributed by atoms with van der Waals surface area (Å²) < 4.78 is 0. The van der Waals surface area contributed by atoms with Crippen LogP contribution in [0.15, 0.2) is 52.7 Å². The van der Waals surface area contributed by atoms with Gasteiger partial charge in [0.05, 0.1) is 0 Å². The standard InChI is InChI=1S/C19H19N3O2/c1-12-8-9-15-16(11-12)18(22-21-17(23)7-4-10-20)13-5-2-3-6-14(13)19(15)24/h2-3,5-6,8-9,11,24H,4,7,10,20H2,1H3. The molecule has 3 rings (SSSR count). The Morgan fingerprint density at radius 1 is 1.08 bits per heavy atom. The van der Waals surface area contributed by atoms with Gasteiger partial charge in [0.1, 0.15) is 11.4 Å². The van der Waals surface area contributed by atoms with Gasteiger partial charge in [-0.1, -0.05) is 42.0 Å². The van der Waals surface area contributed by atoms with E-state index < -0.39 is 0 Å². The maximum absolute atomic E-state index is 11.8. The molecule has 0 aliphatic rings. The lowest BCUT2D eigenvalue weighted by Crippen LogP contribution is -2.01. The van der Waals surface area contributed by atoms with E-state index in [2.05, 4.69) is 10.2 Å². The summed E-state index contributed by atoms with van der Waals surface area (Å²) in [4.78, 5) is 11.8. The van der Waals surface area contributed by atoms with Crippen LogP contribution in [0.5, 0.6) is 5.75 Å². The zero-order valence-electron chi connectivity index (χ0n) is 13.5. The van der Waals surface area contributed by atoms with Crippen molar-refractivity contribution in [3.8, 4) is 5.75 Å². The number of carbonyl (C=O) groups is 1. The number of amides is 1. The second-order valence-corrected chi connectivity index (χ2v) is 5.78. The van der Waals surface area contributed by atoms with Gasteiger partial charge in [-0.15, -0.1) is 10.2 Å². The van der Waals surface area contributed by atoms with Gasteiger partial charge in [0.25, 0.3) is 5.91 Å². The minimum Gasteiger partial charge on any atom is -0.507 e. The minimum absolute atomic E-state index is 0.217. The summed E-state index contributed by atoms with van der Waals surface area (Å²) in [5, 5.41) is 21.6. The molecule has 0 spiro atoms. The van der Waals surface area contributed by atoms with E-state index in [1.54, 1.807) is 0 Å². The number of aryl methyl sites for hydroxylation is 1. The number of rotatable bonds is 4. The number of azo groups is 1. The fourth-order valence-corrected chi connectivity index (χ4v) is 2.76. The predicted octanol–water partition coefficient (Wildman–Crippen LogP) is 4.36. The molecule has 3 aromatic rings. The topological polar surface area (TPSA) is 88.0 Å². The monoisotopic (exact) mass is 321 g/mol. The fourth-order valence-electron chi connectivity index (χ4n) is 2.76. The summed E-state index contributed by atoms with van der Waals surface area (Å²) in [6, 6.07) is 13.2. The highest BCUT2D eigenvalue weighted by molar-refractivity contribution is 6.14. The smallest absolute Gasteiger partial charge is 0.264 e. The quantitative estimate of drug-likeness (QED) is 0.553. The third-order valence-corrected chi connectivity index (χ3v) is 3.98. The number of benzene rings is 3. The number of fused-ring (bicyclic) bond motifs is 2. The van der Waals surface area contributed by atoms with Crippen molar-refractivity contribution in [2.45, 2.75) is 19.8 Å². The van der Waals surface area contributed by atoms with Crippen LogP contribution in [0.2, 0.25) is 0 Å². The third kappa shape index (κ3) is 2.98. The molecule has 0 aliphatic heterocycles. The first-order valence-electron chi connectivity index (χ1n) is 7.90. The Bertz CT molecular complexity index is 948. The Labute approximate surface area is 139 Å².